The zero-order valence-corrected chi connectivity index (χ0v) is 63.0. The van der Waals surface area contributed by atoms with Gasteiger partial charge < -0.3 is 4.57 Å². The fourth-order valence-electron chi connectivity index (χ4n) is 16.3. The zero-order chi connectivity index (χ0) is 74.9. The first-order chi connectivity index (χ1) is 56.4. The van der Waals surface area contributed by atoms with Crippen LogP contribution in [0.1, 0.15) is 0 Å². The Kier molecular flexibility index (Phi) is 15.2. The molecule has 0 amide bonds. The van der Waals surface area contributed by atoms with Crippen LogP contribution >= 0.6 is 34.0 Å². The Labute approximate surface area is 663 Å². The maximum absolute atomic E-state index is 5.46. The van der Waals surface area contributed by atoms with Gasteiger partial charge in [0, 0.05) is 118 Å². The summed E-state index contributed by atoms with van der Waals surface area (Å²) in [5.41, 5.74) is 20.7. The lowest BCUT2D eigenvalue weighted by molar-refractivity contribution is 1.07. The molecule has 0 fully saturated rings. The largest absolute Gasteiger partial charge is 0.309 e. The van der Waals surface area contributed by atoms with Crippen molar-refractivity contribution in [3.05, 3.63) is 352 Å². The molecule has 114 heavy (non-hydrogen) atoms. The van der Waals surface area contributed by atoms with E-state index in [4.69, 9.17) is 44.9 Å². The number of hydrogen-bond acceptors (Lipinski definition) is 12. The van der Waals surface area contributed by atoms with Crippen molar-refractivity contribution in [2.45, 2.75) is 0 Å². The van der Waals surface area contributed by atoms with Gasteiger partial charge in [-0.15, -0.1) is 34.0 Å². The molecule has 0 N–H and O–H groups in total. The van der Waals surface area contributed by atoms with E-state index in [0.29, 0.717) is 34.9 Å². The Bertz CT molecular complexity index is 7800. The van der Waals surface area contributed by atoms with Gasteiger partial charge in [0.2, 0.25) is 0 Å². The molecule has 23 aromatic rings. The summed E-state index contributed by atoms with van der Waals surface area (Å²) in [6.45, 7) is 0. The van der Waals surface area contributed by atoms with Gasteiger partial charge in [0.1, 0.15) is 16.7 Å². The topological polar surface area (TPSA) is 131 Å². The molecule has 0 spiro atoms. The average Bonchev–Trinajstić information content (AvgIpc) is 1.60. The van der Waals surface area contributed by atoms with E-state index in [9.17, 15) is 0 Å². The maximum Gasteiger partial charge on any atom is 0.164 e. The van der Waals surface area contributed by atoms with Gasteiger partial charge in [0.25, 0.3) is 0 Å². The van der Waals surface area contributed by atoms with E-state index >= 15 is 0 Å². The molecule has 532 valence electrons. The first-order valence-electron chi connectivity index (χ1n) is 37.7. The minimum Gasteiger partial charge on any atom is -0.309 e. The lowest BCUT2D eigenvalue weighted by Gasteiger charge is -2.12. The van der Waals surface area contributed by atoms with E-state index in [1.807, 2.05) is 54.6 Å². The standard InChI is InChI=1S/C99H58N12S3/c1-5-22-59(23-6-1)91-103-93(107-95(105-91)73-33-20-40-87-89(73)75-55-66(48-51-84(75)112-87)97-100-77-35-14-17-38-81(77)110(97)68-27-9-3-10-28-68)61-42-44-62(45-43-61)99-102-79-57-63(47-53-86(79)114-99)64-46-50-72-71-32-13-16-37-80(71)109(83(72)58-64)70-31-19-26-65(54-70)94-104-92(60-24-7-2-8-25-60)106-96(108-94)74-34-21-41-88-90(74)76-56-67(49-52-85(76)113-88)98-101-78-36-15-18-39-82(78)111(98)69-29-11-4-12-30-69/h1-58H. The molecule has 0 aliphatic rings. The Morgan fingerprint density at radius 3 is 1.18 bits per heavy atom. The van der Waals surface area contributed by atoms with Crippen molar-refractivity contribution < 1.29 is 0 Å². The van der Waals surface area contributed by atoms with E-state index in [2.05, 4.69) is 311 Å². The van der Waals surface area contributed by atoms with Crippen LogP contribution in [0.4, 0.5) is 0 Å². The fraction of sp³-hybridized carbons (Fsp3) is 0. The van der Waals surface area contributed by atoms with Gasteiger partial charge >= 0.3 is 0 Å². The zero-order valence-electron chi connectivity index (χ0n) is 60.6. The molecule has 0 bridgehead atoms. The number of hydrogen-bond donors (Lipinski definition) is 0. The summed E-state index contributed by atoms with van der Waals surface area (Å²) in [7, 11) is 0. The molecular weight excluding hydrogens is 1450 g/mol. The van der Waals surface area contributed by atoms with Crippen LogP contribution in [0.15, 0.2) is 352 Å². The number of para-hydroxylation sites is 7. The predicted octanol–water partition coefficient (Wildman–Crippen LogP) is 25.8. The number of aromatic nitrogens is 12. The molecule has 8 heterocycles. The first-order valence-corrected chi connectivity index (χ1v) is 40.2. The molecule has 0 saturated carbocycles. The maximum atomic E-state index is 5.46. The monoisotopic (exact) mass is 1510 g/mol. The average molecular weight is 1510 g/mol. The van der Waals surface area contributed by atoms with Gasteiger partial charge in [-0.3, -0.25) is 9.13 Å². The van der Waals surface area contributed by atoms with Gasteiger partial charge in [-0.25, -0.2) is 44.9 Å². The van der Waals surface area contributed by atoms with Crippen LogP contribution in [0, 0.1) is 0 Å². The van der Waals surface area contributed by atoms with E-state index in [-0.39, 0.29) is 0 Å². The third-order valence-corrected chi connectivity index (χ3v) is 25.0. The third kappa shape index (κ3) is 11.0. The summed E-state index contributed by atoms with van der Waals surface area (Å²) >= 11 is 5.23. The molecule has 0 atom stereocenters. The molecule has 12 nitrogen and oxygen atoms in total. The second kappa shape index (κ2) is 26.6. The summed E-state index contributed by atoms with van der Waals surface area (Å²) in [5, 5.41) is 7.64. The summed E-state index contributed by atoms with van der Waals surface area (Å²) in [6, 6.07) is 124. The predicted molar refractivity (Wildman–Crippen MR) is 470 cm³/mol. The van der Waals surface area contributed by atoms with Crippen molar-refractivity contribution in [1.82, 2.24) is 58.6 Å². The highest BCUT2D eigenvalue weighted by atomic mass is 32.1. The lowest BCUT2D eigenvalue weighted by atomic mass is 10.0. The summed E-state index contributed by atoms with van der Waals surface area (Å²) in [5.74, 6) is 5.29. The fourth-order valence-corrected chi connectivity index (χ4v) is 19.5. The van der Waals surface area contributed by atoms with E-state index in [1.54, 1.807) is 34.0 Å². The molecule has 0 aliphatic heterocycles. The van der Waals surface area contributed by atoms with Gasteiger partial charge in [-0.05, 0) is 145 Å². The van der Waals surface area contributed by atoms with E-state index in [1.165, 1.54) is 9.40 Å². The highest BCUT2D eigenvalue weighted by Gasteiger charge is 2.25. The molecule has 0 saturated heterocycles. The van der Waals surface area contributed by atoms with Gasteiger partial charge in [-0.1, -0.05) is 218 Å². The Hall–Kier alpha value is -14.6. The molecule has 0 aliphatic carbocycles. The molecule has 0 radical (unpaired) electrons. The molecule has 8 aromatic heterocycles. The number of thiophene rings is 2. The summed E-state index contributed by atoms with van der Waals surface area (Å²) in [6.07, 6.45) is 0. The van der Waals surface area contributed by atoms with Crippen molar-refractivity contribution in [3.8, 4) is 130 Å². The minimum atomic E-state index is 0.573. The van der Waals surface area contributed by atoms with Crippen LogP contribution in [0.3, 0.4) is 0 Å². The van der Waals surface area contributed by atoms with Crippen molar-refractivity contribution >= 4 is 128 Å². The third-order valence-electron chi connectivity index (χ3n) is 21.6. The second-order valence-corrected chi connectivity index (χ2v) is 31.6. The highest BCUT2D eigenvalue weighted by Crippen LogP contribution is 2.46. The van der Waals surface area contributed by atoms with Crippen LogP contribution in [0.5, 0.6) is 0 Å². The minimum absolute atomic E-state index is 0.573. The van der Waals surface area contributed by atoms with E-state index in [0.717, 1.165) is 180 Å². The van der Waals surface area contributed by atoms with E-state index < -0.39 is 0 Å². The van der Waals surface area contributed by atoms with Crippen LogP contribution in [-0.4, -0.2) is 58.6 Å². The number of nitrogens with zero attached hydrogens (tertiary/aromatic N) is 12. The smallest absolute Gasteiger partial charge is 0.164 e. The number of rotatable bonds is 13. The molecule has 23 rings (SSSR count). The lowest BCUT2D eigenvalue weighted by Crippen LogP contribution is -2.01. The number of fused-ring (bicyclic) bond motifs is 12. The quantitative estimate of drug-likeness (QED) is 0.111. The number of imidazole rings is 2. The number of thiazole rings is 1. The Morgan fingerprint density at radius 2 is 0.605 bits per heavy atom. The van der Waals surface area contributed by atoms with Crippen LogP contribution in [0.25, 0.3) is 224 Å². The van der Waals surface area contributed by atoms with Gasteiger partial charge in [0.05, 0.1) is 43.3 Å². The van der Waals surface area contributed by atoms with Crippen LogP contribution in [0.2, 0.25) is 0 Å². The Balaban J connectivity index is 0.579. The molecule has 0 unspecified atom stereocenters. The number of benzene rings is 15. The second-order valence-electron chi connectivity index (χ2n) is 28.4. The van der Waals surface area contributed by atoms with Crippen molar-refractivity contribution in [2.24, 2.45) is 0 Å². The van der Waals surface area contributed by atoms with Crippen LogP contribution < -0.4 is 0 Å². The molecule has 15 heteroatoms. The van der Waals surface area contributed by atoms with Crippen LogP contribution in [-0.2, 0) is 0 Å². The van der Waals surface area contributed by atoms with Crippen molar-refractivity contribution in [1.29, 1.82) is 0 Å². The normalized spacial score (nSPS) is 11.9. The summed E-state index contributed by atoms with van der Waals surface area (Å²) in [4.78, 5) is 47.8. The van der Waals surface area contributed by atoms with Gasteiger partial charge in [-0.2, -0.15) is 0 Å². The summed E-state index contributed by atoms with van der Waals surface area (Å²) < 4.78 is 12.6. The first kappa shape index (κ1) is 65.3. The Morgan fingerprint density at radius 1 is 0.193 bits per heavy atom. The van der Waals surface area contributed by atoms with Crippen molar-refractivity contribution in [3.63, 3.8) is 0 Å². The highest BCUT2D eigenvalue weighted by molar-refractivity contribution is 7.26. The SMILES string of the molecule is c1ccc(-c2nc(-c3ccc(-c4nc5cc(-c6ccc7c8ccccc8n(-c8cccc(-c9nc(-c%10ccccc%10)nc(-c%10cccc%11sc%12ccc(-c%13nc%14ccccc%14n%13-c%13ccccc%13)cc%12c%10%11)n9)c8)c7c6)ccc5s4)cc3)nc(-c3cccc4sc5ccc(-c6nc7ccccc7n6-c6ccccc6)cc5c34)n2)cc1. The molecule has 15 aromatic carbocycles. The molecular formula is C99H58N12S3. The van der Waals surface area contributed by atoms with Crippen molar-refractivity contribution in [2.75, 3.05) is 0 Å². The van der Waals surface area contributed by atoms with Gasteiger partial charge in [0.15, 0.2) is 34.9 Å².